The van der Waals surface area contributed by atoms with Gasteiger partial charge in [0.15, 0.2) is 0 Å². The van der Waals surface area contributed by atoms with Crippen molar-refractivity contribution < 1.29 is 4.79 Å². The zero-order valence-electron chi connectivity index (χ0n) is 16.9. The Hall–Kier alpha value is -3.08. The minimum Gasteiger partial charge on any atom is -0.345 e. The van der Waals surface area contributed by atoms with Gasteiger partial charge in [-0.25, -0.2) is 4.68 Å². The maximum atomic E-state index is 13.4. The highest BCUT2D eigenvalue weighted by molar-refractivity contribution is 6.07. The second-order valence-corrected chi connectivity index (χ2v) is 7.80. The topological polar surface area (TPSA) is 63.1 Å². The molecule has 150 valence electrons. The third-order valence-electron chi connectivity index (χ3n) is 5.70. The second-order valence-electron chi connectivity index (χ2n) is 7.80. The van der Waals surface area contributed by atoms with Crippen LogP contribution in [0.25, 0.3) is 10.8 Å². The third kappa shape index (κ3) is 3.90. The number of pyridine rings is 1. The average Bonchev–Trinajstić information content (AvgIpc) is 3.57. The number of nitrogens with zero attached hydrogens (tertiary/aromatic N) is 1. The van der Waals surface area contributed by atoms with Crippen molar-refractivity contribution in [2.24, 2.45) is 5.92 Å². The highest BCUT2D eigenvalue weighted by atomic mass is 16.2. The van der Waals surface area contributed by atoms with E-state index in [0.717, 1.165) is 18.5 Å². The van der Waals surface area contributed by atoms with E-state index in [4.69, 9.17) is 0 Å². The van der Waals surface area contributed by atoms with E-state index in [1.165, 1.54) is 12.8 Å². The number of aromatic nitrogens is 1. The Kier molecular flexibility index (Phi) is 5.38. The average molecular weight is 389 g/mol. The van der Waals surface area contributed by atoms with Crippen molar-refractivity contribution in [3.8, 4) is 0 Å². The molecule has 1 fully saturated rings. The Morgan fingerprint density at radius 3 is 2.38 bits per heavy atom. The van der Waals surface area contributed by atoms with E-state index in [0.29, 0.717) is 27.9 Å². The molecule has 5 nitrogen and oxygen atoms in total. The number of nitrogens with one attached hydrogen (secondary N) is 2. The molecule has 1 unspecified atom stereocenters. The van der Waals surface area contributed by atoms with Gasteiger partial charge in [0.2, 0.25) is 0 Å². The van der Waals surface area contributed by atoms with Crippen LogP contribution in [0, 0.1) is 12.8 Å². The van der Waals surface area contributed by atoms with Crippen LogP contribution in [0.4, 0.5) is 0 Å². The van der Waals surface area contributed by atoms with E-state index in [2.05, 4.69) is 17.7 Å². The van der Waals surface area contributed by atoms with E-state index in [1.807, 2.05) is 55.5 Å². The molecule has 1 amide bonds. The number of carbonyl (C=O) groups is 1. The molecule has 1 aromatic heterocycles. The maximum Gasteiger partial charge on any atom is 0.276 e. The smallest absolute Gasteiger partial charge is 0.276 e. The molecule has 0 aliphatic heterocycles. The quantitative estimate of drug-likeness (QED) is 0.638. The van der Waals surface area contributed by atoms with Crippen molar-refractivity contribution >= 4 is 16.7 Å². The Morgan fingerprint density at radius 2 is 1.72 bits per heavy atom. The van der Waals surface area contributed by atoms with Crippen LogP contribution in [0.1, 0.15) is 53.8 Å². The fraction of sp³-hybridized carbons (Fsp3) is 0.333. The van der Waals surface area contributed by atoms with Crippen LogP contribution < -0.4 is 16.3 Å². The Morgan fingerprint density at radius 1 is 1.07 bits per heavy atom. The molecule has 1 atom stereocenters. The number of hydrogen-bond acceptors (Lipinski definition) is 3. The van der Waals surface area contributed by atoms with Gasteiger partial charge in [-0.2, -0.15) is 0 Å². The highest BCUT2D eigenvalue weighted by Crippen LogP contribution is 2.28. The summed E-state index contributed by atoms with van der Waals surface area (Å²) in [7, 11) is 0. The van der Waals surface area contributed by atoms with Crippen molar-refractivity contribution in [2.45, 2.75) is 39.2 Å². The zero-order chi connectivity index (χ0) is 20.4. The molecule has 1 aliphatic rings. The monoisotopic (exact) mass is 389 g/mol. The molecule has 2 N–H and O–H groups in total. The van der Waals surface area contributed by atoms with Crippen molar-refractivity contribution in [2.75, 3.05) is 12.0 Å². The van der Waals surface area contributed by atoms with Crippen molar-refractivity contribution in [1.82, 2.24) is 9.99 Å². The van der Waals surface area contributed by atoms with Crippen LogP contribution in [-0.2, 0) is 0 Å². The minimum absolute atomic E-state index is 0.0818. The molecule has 29 heavy (non-hydrogen) atoms. The van der Waals surface area contributed by atoms with Crippen LogP contribution in [0.5, 0.6) is 0 Å². The summed E-state index contributed by atoms with van der Waals surface area (Å²) in [6.45, 7) is 4.65. The van der Waals surface area contributed by atoms with Crippen LogP contribution in [-0.4, -0.2) is 17.1 Å². The lowest BCUT2D eigenvalue weighted by Gasteiger charge is -2.21. The summed E-state index contributed by atoms with van der Waals surface area (Å²) < 4.78 is 1.55. The summed E-state index contributed by atoms with van der Waals surface area (Å²) in [4.78, 5) is 26.4. The zero-order valence-corrected chi connectivity index (χ0v) is 16.9. The van der Waals surface area contributed by atoms with Gasteiger partial charge < -0.3 is 10.7 Å². The van der Waals surface area contributed by atoms with Crippen molar-refractivity contribution in [3.05, 3.63) is 81.8 Å². The summed E-state index contributed by atoms with van der Waals surface area (Å²) in [5.41, 5.74) is 5.42. The fourth-order valence-corrected chi connectivity index (χ4v) is 3.82. The molecule has 0 saturated heterocycles. The minimum atomic E-state index is -0.156. The summed E-state index contributed by atoms with van der Waals surface area (Å²) in [5.74, 6) is 0.462. The summed E-state index contributed by atoms with van der Waals surface area (Å²) in [6.07, 6.45) is 3.17. The Labute approximate surface area is 170 Å². The lowest BCUT2D eigenvalue weighted by molar-refractivity contribution is 0.0936. The van der Waals surface area contributed by atoms with Gasteiger partial charge in [-0.3, -0.25) is 9.59 Å². The molecule has 3 aromatic rings. The largest absolute Gasteiger partial charge is 0.345 e. The van der Waals surface area contributed by atoms with Crippen LogP contribution in [0.2, 0.25) is 0 Å². The van der Waals surface area contributed by atoms with Gasteiger partial charge in [0.25, 0.3) is 11.5 Å². The summed E-state index contributed by atoms with van der Waals surface area (Å²) >= 11 is 0. The molecule has 2 aromatic carbocycles. The number of benzene rings is 2. The van der Waals surface area contributed by atoms with Gasteiger partial charge in [0, 0.05) is 17.3 Å². The first kappa shape index (κ1) is 19.2. The fourth-order valence-electron chi connectivity index (χ4n) is 3.82. The molecule has 5 heteroatoms. The van der Waals surface area contributed by atoms with Gasteiger partial charge in [0.05, 0.1) is 17.3 Å². The SMILES string of the molecule is CCC(NC(=O)c1c(C)n(NCC2CC2)c(=O)c2ccccc12)c1ccccc1. The first-order valence-corrected chi connectivity index (χ1v) is 10.3. The molecule has 1 saturated carbocycles. The normalized spacial score (nSPS) is 14.6. The molecule has 0 bridgehead atoms. The van der Waals surface area contributed by atoms with E-state index >= 15 is 0 Å². The van der Waals surface area contributed by atoms with E-state index in [-0.39, 0.29) is 17.5 Å². The molecular formula is C24H27N3O2. The first-order chi connectivity index (χ1) is 14.1. The predicted molar refractivity (Wildman–Crippen MR) is 117 cm³/mol. The van der Waals surface area contributed by atoms with E-state index in [1.54, 1.807) is 10.7 Å². The molecule has 0 spiro atoms. The van der Waals surface area contributed by atoms with Gasteiger partial charge in [0.1, 0.15) is 0 Å². The van der Waals surface area contributed by atoms with Crippen LogP contribution in [0.15, 0.2) is 59.4 Å². The van der Waals surface area contributed by atoms with Gasteiger partial charge in [-0.1, -0.05) is 55.5 Å². The van der Waals surface area contributed by atoms with E-state index in [9.17, 15) is 9.59 Å². The Balaban J connectivity index is 1.75. The number of hydrogen-bond donors (Lipinski definition) is 2. The third-order valence-corrected chi connectivity index (χ3v) is 5.70. The van der Waals surface area contributed by atoms with Gasteiger partial charge in [-0.15, -0.1) is 0 Å². The number of rotatable bonds is 7. The number of amides is 1. The van der Waals surface area contributed by atoms with Gasteiger partial charge >= 0.3 is 0 Å². The predicted octanol–water partition coefficient (Wildman–Crippen LogP) is 4.14. The summed E-state index contributed by atoms with van der Waals surface area (Å²) in [5, 5.41) is 4.42. The lowest BCUT2D eigenvalue weighted by Crippen LogP contribution is -2.36. The number of fused-ring (bicyclic) bond motifs is 1. The van der Waals surface area contributed by atoms with Crippen molar-refractivity contribution in [1.29, 1.82) is 0 Å². The second kappa shape index (κ2) is 8.11. The lowest BCUT2D eigenvalue weighted by atomic mass is 10.0. The van der Waals surface area contributed by atoms with Gasteiger partial charge in [-0.05, 0) is 43.7 Å². The number of carbonyl (C=O) groups excluding carboxylic acids is 1. The molecule has 1 aliphatic carbocycles. The van der Waals surface area contributed by atoms with Crippen LogP contribution in [0.3, 0.4) is 0 Å². The van der Waals surface area contributed by atoms with E-state index < -0.39 is 0 Å². The molecular weight excluding hydrogens is 362 g/mol. The maximum absolute atomic E-state index is 13.4. The standard InChI is InChI=1S/C24H27N3O2/c1-3-21(18-9-5-4-6-10-18)26-23(28)22-16(2)27(25-15-17-13-14-17)24(29)20-12-8-7-11-19(20)22/h4-12,17,21,25H,3,13-15H2,1-2H3,(H,26,28). The Bertz CT molecular complexity index is 1080. The van der Waals surface area contributed by atoms with Crippen molar-refractivity contribution in [3.63, 3.8) is 0 Å². The first-order valence-electron chi connectivity index (χ1n) is 10.3. The molecule has 0 radical (unpaired) electrons. The molecule has 4 rings (SSSR count). The summed E-state index contributed by atoms with van der Waals surface area (Å²) in [6, 6.07) is 17.2. The molecule has 1 heterocycles. The van der Waals surface area contributed by atoms with Crippen LogP contribution >= 0.6 is 0 Å². The highest BCUT2D eigenvalue weighted by Gasteiger charge is 2.24.